The van der Waals surface area contributed by atoms with Gasteiger partial charge in [-0.15, -0.1) is 0 Å². The molecule has 0 N–H and O–H groups in total. The summed E-state index contributed by atoms with van der Waals surface area (Å²) in [5.74, 6) is 0. The molecule has 2 aromatic heterocycles. The maximum atomic E-state index is 6.13. The van der Waals surface area contributed by atoms with Crippen molar-refractivity contribution in [2.75, 3.05) is 0 Å². The predicted octanol–water partition coefficient (Wildman–Crippen LogP) is 7.53. The lowest BCUT2D eigenvalue weighted by molar-refractivity contribution is 1.38. The van der Waals surface area contributed by atoms with Crippen molar-refractivity contribution in [3.8, 4) is 22.4 Å². The van der Waals surface area contributed by atoms with Gasteiger partial charge in [-0.25, -0.2) is 4.98 Å². The standard InChI is InChI=1S/C24H14BrClN2/c25-17-7-3-16(4-8-17)23-14-20(15-5-9-18(26)10-6-15)24-19-2-1-13-27-21(19)11-12-22(24)28-23/h1-14H. The minimum atomic E-state index is 0.724. The van der Waals surface area contributed by atoms with Crippen LogP contribution in [0.15, 0.2) is 89.5 Å². The Morgan fingerprint density at radius 1 is 0.750 bits per heavy atom. The molecule has 5 aromatic rings. The molecule has 4 heteroatoms. The van der Waals surface area contributed by atoms with Crippen LogP contribution in [-0.4, -0.2) is 9.97 Å². The molecule has 0 saturated carbocycles. The molecule has 0 fully saturated rings. The first-order valence-electron chi connectivity index (χ1n) is 8.89. The highest BCUT2D eigenvalue weighted by Gasteiger charge is 2.13. The van der Waals surface area contributed by atoms with Crippen molar-refractivity contribution < 1.29 is 0 Å². The quantitative estimate of drug-likeness (QED) is 0.262. The maximum absolute atomic E-state index is 6.13. The third kappa shape index (κ3) is 3.07. The third-order valence-electron chi connectivity index (χ3n) is 4.85. The SMILES string of the molecule is Clc1ccc(-c2cc(-c3ccc(Br)cc3)nc3ccc4ncccc4c23)cc1. The van der Waals surface area contributed by atoms with Gasteiger partial charge in [0, 0.05) is 32.0 Å². The largest absolute Gasteiger partial charge is 0.256 e. The zero-order valence-corrected chi connectivity index (χ0v) is 17.1. The van der Waals surface area contributed by atoms with Gasteiger partial charge in [0.2, 0.25) is 0 Å². The Labute approximate surface area is 176 Å². The Bertz CT molecular complexity index is 1310. The van der Waals surface area contributed by atoms with Crippen molar-refractivity contribution in [2.45, 2.75) is 0 Å². The average molecular weight is 446 g/mol. The Morgan fingerprint density at radius 3 is 2.25 bits per heavy atom. The molecule has 0 bridgehead atoms. The number of benzene rings is 3. The predicted molar refractivity (Wildman–Crippen MR) is 121 cm³/mol. The van der Waals surface area contributed by atoms with Crippen LogP contribution in [0.25, 0.3) is 44.2 Å². The van der Waals surface area contributed by atoms with E-state index in [-0.39, 0.29) is 0 Å². The van der Waals surface area contributed by atoms with Crippen molar-refractivity contribution in [1.82, 2.24) is 9.97 Å². The highest BCUT2D eigenvalue weighted by Crippen LogP contribution is 2.36. The van der Waals surface area contributed by atoms with Gasteiger partial charge in [-0.1, -0.05) is 57.9 Å². The molecular weight excluding hydrogens is 432 g/mol. The van der Waals surface area contributed by atoms with E-state index in [4.69, 9.17) is 16.6 Å². The minimum Gasteiger partial charge on any atom is -0.256 e. The van der Waals surface area contributed by atoms with E-state index in [2.05, 4.69) is 57.3 Å². The molecule has 0 atom stereocenters. The molecule has 2 nitrogen and oxygen atoms in total. The summed E-state index contributed by atoms with van der Waals surface area (Å²) in [5.41, 5.74) is 6.15. The third-order valence-corrected chi connectivity index (χ3v) is 5.63. The lowest BCUT2D eigenvalue weighted by Crippen LogP contribution is -1.92. The number of hydrogen-bond donors (Lipinski definition) is 0. The van der Waals surface area contributed by atoms with Gasteiger partial charge in [-0.3, -0.25) is 4.98 Å². The number of fused-ring (bicyclic) bond motifs is 3. The second-order valence-corrected chi connectivity index (χ2v) is 7.95. The molecule has 0 radical (unpaired) electrons. The van der Waals surface area contributed by atoms with E-state index in [1.807, 2.05) is 48.7 Å². The number of nitrogens with zero attached hydrogens (tertiary/aromatic N) is 2. The van der Waals surface area contributed by atoms with Gasteiger partial charge in [-0.2, -0.15) is 0 Å². The number of hydrogen-bond acceptors (Lipinski definition) is 2. The zero-order valence-electron chi connectivity index (χ0n) is 14.7. The Balaban J connectivity index is 1.87. The van der Waals surface area contributed by atoms with Crippen LogP contribution in [-0.2, 0) is 0 Å². The first kappa shape index (κ1) is 17.4. The van der Waals surface area contributed by atoms with Crippen LogP contribution in [0.4, 0.5) is 0 Å². The molecule has 0 spiro atoms. The molecule has 28 heavy (non-hydrogen) atoms. The summed E-state index contributed by atoms with van der Waals surface area (Å²) in [6.45, 7) is 0. The number of aromatic nitrogens is 2. The van der Waals surface area contributed by atoms with Crippen LogP contribution >= 0.6 is 27.5 Å². The van der Waals surface area contributed by atoms with Crippen molar-refractivity contribution >= 4 is 49.3 Å². The summed E-state index contributed by atoms with van der Waals surface area (Å²) in [5, 5.41) is 2.93. The summed E-state index contributed by atoms with van der Waals surface area (Å²) in [6.07, 6.45) is 1.82. The van der Waals surface area contributed by atoms with Crippen LogP contribution in [0.3, 0.4) is 0 Å². The lowest BCUT2D eigenvalue weighted by Gasteiger charge is -2.13. The maximum Gasteiger partial charge on any atom is 0.0723 e. The lowest BCUT2D eigenvalue weighted by atomic mass is 9.96. The smallest absolute Gasteiger partial charge is 0.0723 e. The van der Waals surface area contributed by atoms with E-state index in [1.165, 1.54) is 0 Å². The Hall–Kier alpha value is -2.75. The van der Waals surface area contributed by atoms with Crippen LogP contribution in [0.5, 0.6) is 0 Å². The summed E-state index contributed by atoms with van der Waals surface area (Å²) < 4.78 is 1.05. The molecular formula is C24H14BrClN2. The van der Waals surface area contributed by atoms with E-state index in [9.17, 15) is 0 Å². The van der Waals surface area contributed by atoms with Crippen LogP contribution in [0, 0.1) is 0 Å². The van der Waals surface area contributed by atoms with E-state index >= 15 is 0 Å². The van der Waals surface area contributed by atoms with Crippen LogP contribution in [0.1, 0.15) is 0 Å². The van der Waals surface area contributed by atoms with Crippen molar-refractivity contribution in [3.05, 3.63) is 94.6 Å². The molecule has 2 heterocycles. The fourth-order valence-electron chi connectivity index (χ4n) is 3.51. The van der Waals surface area contributed by atoms with E-state index in [0.717, 1.165) is 53.7 Å². The van der Waals surface area contributed by atoms with Gasteiger partial charge in [-0.05, 0) is 59.7 Å². The fourth-order valence-corrected chi connectivity index (χ4v) is 3.90. The molecule has 0 unspecified atom stereocenters. The summed E-state index contributed by atoms with van der Waals surface area (Å²) in [4.78, 5) is 9.48. The number of pyridine rings is 2. The highest BCUT2D eigenvalue weighted by atomic mass is 79.9. The molecule has 0 saturated heterocycles. The van der Waals surface area contributed by atoms with Gasteiger partial charge >= 0.3 is 0 Å². The Kier molecular flexibility index (Phi) is 4.34. The minimum absolute atomic E-state index is 0.724. The normalized spacial score (nSPS) is 11.2. The zero-order chi connectivity index (χ0) is 19.1. The number of halogens is 2. The first-order valence-corrected chi connectivity index (χ1v) is 10.1. The monoisotopic (exact) mass is 444 g/mol. The molecule has 3 aromatic carbocycles. The van der Waals surface area contributed by atoms with Gasteiger partial charge in [0.15, 0.2) is 0 Å². The van der Waals surface area contributed by atoms with Crippen molar-refractivity contribution in [1.29, 1.82) is 0 Å². The van der Waals surface area contributed by atoms with E-state index in [0.29, 0.717) is 0 Å². The number of rotatable bonds is 2. The second kappa shape index (κ2) is 7.01. The van der Waals surface area contributed by atoms with Crippen molar-refractivity contribution in [3.63, 3.8) is 0 Å². The van der Waals surface area contributed by atoms with Gasteiger partial charge in [0.05, 0.1) is 16.7 Å². The summed E-state index contributed by atoms with van der Waals surface area (Å²) in [7, 11) is 0. The molecule has 0 aliphatic heterocycles. The second-order valence-electron chi connectivity index (χ2n) is 6.60. The molecule has 0 aliphatic carbocycles. The highest BCUT2D eigenvalue weighted by molar-refractivity contribution is 9.10. The van der Waals surface area contributed by atoms with Crippen molar-refractivity contribution in [2.24, 2.45) is 0 Å². The first-order chi connectivity index (χ1) is 13.7. The average Bonchev–Trinajstić information content (AvgIpc) is 2.74. The van der Waals surface area contributed by atoms with E-state index in [1.54, 1.807) is 0 Å². The van der Waals surface area contributed by atoms with Gasteiger partial charge in [0.25, 0.3) is 0 Å². The van der Waals surface area contributed by atoms with Gasteiger partial charge < -0.3 is 0 Å². The van der Waals surface area contributed by atoms with Crippen LogP contribution in [0.2, 0.25) is 5.02 Å². The fraction of sp³-hybridized carbons (Fsp3) is 0. The summed E-state index contributed by atoms with van der Waals surface area (Å²) in [6, 6.07) is 26.5. The molecule has 5 rings (SSSR count). The Morgan fingerprint density at radius 2 is 1.46 bits per heavy atom. The topological polar surface area (TPSA) is 25.8 Å². The summed E-state index contributed by atoms with van der Waals surface area (Å²) >= 11 is 9.63. The van der Waals surface area contributed by atoms with Gasteiger partial charge in [0.1, 0.15) is 0 Å². The van der Waals surface area contributed by atoms with E-state index < -0.39 is 0 Å². The molecule has 0 aliphatic rings. The molecule has 134 valence electrons. The molecule has 0 amide bonds. The van der Waals surface area contributed by atoms with Crippen LogP contribution < -0.4 is 0 Å².